The molecule has 4 aromatic heterocycles. The van der Waals surface area contributed by atoms with E-state index in [0.29, 0.717) is 0 Å². The molecule has 1 aromatic carbocycles. The number of rotatable bonds is 6. The van der Waals surface area contributed by atoms with Gasteiger partial charge in [-0.1, -0.05) is 48.5 Å². The summed E-state index contributed by atoms with van der Waals surface area (Å²) < 4.78 is 0. The van der Waals surface area contributed by atoms with Crippen LogP contribution in [0.2, 0.25) is 0 Å². The van der Waals surface area contributed by atoms with Crippen LogP contribution in [0.5, 0.6) is 0 Å². The second-order valence-electron chi connectivity index (χ2n) is 6.91. The van der Waals surface area contributed by atoms with Gasteiger partial charge in [0.15, 0.2) is 11.2 Å². The molecule has 5 rings (SSSR count). The lowest BCUT2D eigenvalue weighted by Gasteiger charge is -2.30. The third-order valence-corrected chi connectivity index (χ3v) is 9.15. The Morgan fingerprint density at radius 1 is 0.433 bits per heavy atom. The van der Waals surface area contributed by atoms with Crippen LogP contribution in [-0.2, 0) is 11.2 Å². The van der Waals surface area contributed by atoms with Crippen molar-refractivity contribution in [3.8, 4) is 0 Å². The average Bonchev–Trinajstić information content (AvgIpc) is 3.61. The minimum atomic E-state index is -1.20. The number of thiophene rings is 4. The fourth-order valence-corrected chi connectivity index (χ4v) is 7.27. The lowest BCUT2D eigenvalue weighted by molar-refractivity contribution is 0.129. The summed E-state index contributed by atoms with van der Waals surface area (Å²) in [6, 6.07) is 23.4. The van der Waals surface area contributed by atoms with E-state index in [4.69, 9.17) is 0 Å². The molecule has 0 atom stereocenters. The van der Waals surface area contributed by atoms with E-state index < -0.39 is 11.2 Å². The molecule has 0 amide bonds. The molecule has 0 unspecified atom stereocenters. The van der Waals surface area contributed by atoms with E-state index in [9.17, 15) is 10.2 Å². The highest BCUT2D eigenvalue weighted by atomic mass is 32.1. The summed E-state index contributed by atoms with van der Waals surface area (Å²) in [7, 11) is 0. The van der Waals surface area contributed by atoms with Gasteiger partial charge in [-0.25, -0.2) is 0 Å². The Labute approximate surface area is 191 Å². The van der Waals surface area contributed by atoms with Crippen molar-refractivity contribution in [2.75, 3.05) is 0 Å². The number of hydrogen-bond donors (Lipinski definition) is 2. The first-order valence-electron chi connectivity index (χ1n) is 9.35. The molecule has 0 bridgehead atoms. The van der Waals surface area contributed by atoms with Crippen LogP contribution in [0.4, 0.5) is 0 Å². The van der Waals surface area contributed by atoms with Crippen molar-refractivity contribution in [3.05, 3.63) is 125 Å². The fourth-order valence-electron chi connectivity index (χ4n) is 3.70. The van der Waals surface area contributed by atoms with Crippen LogP contribution in [0.3, 0.4) is 0 Å². The average molecular weight is 467 g/mol. The monoisotopic (exact) mass is 466 g/mol. The van der Waals surface area contributed by atoms with Crippen molar-refractivity contribution in [2.24, 2.45) is 0 Å². The maximum Gasteiger partial charge on any atom is 0.158 e. The van der Waals surface area contributed by atoms with E-state index in [1.807, 2.05) is 94.3 Å². The molecule has 0 fully saturated rings. The van der Waals surface area contributed by atoms with Crippen molar-refractivity contribution in [1.29, 1.82) is 0 Å². The predicted octanol–water partition coefficient (Wildman–Crippen LogP) is 6.50. The topological polar surface area (TPSA) is 40.5 Å². The number of benzene rings is 1. The number of hydrogen-bond acceptors (Lipinski definition) is 6. The first kappa shape index (κ1) is 19.9. The minimum absolute atomic E-state index is 0.788. The van der Waals surface area contributed by atoms with Crippen molar-refractivity contribution in [2.45, 2.75) is 11.2 Å². The van der Waals surface area contributed by atoms with Gasteiger partial charge in [-0.2, -0.15) is 0 Å². The summed E-state index contributed by atoms with van der Waals surface area (Å²) in [5.41, 5.74) is -0.831. The van der Waals surface area contributed by atoms with E-state index in [1.165, 1.54) is 45.3 Å². The highest BCUT2D eigenvalue weighted by Crippen LogP contribution is 2.44. The molecule has 0 aliphatic heterocycles. The molecule has 5 aromatic rings. The zero-order valence-electron chi connectivity index (χ0n) is 15.8. The molecule has 0 saturated carbocycles. The summed E-state index contributed by atoms with van der Waals surface area (Å²) in [5, 5.41) is 31.6. The maximum absolute atomic E-state index is 11.8. The minimum Gasteiger partial charge on any atom is -0.374 e. The van der Waals surface area contributed by atoms with E-state index in [2.05, 4.69) is 0 Å². The molecule has 2 N–H and O–H groups in total. The predicted molar refractivity (Wildman–Crippen MR) is 128 cm³/mol. The Morgan fingerprint density at radius 2 is 0.700 bits per heavy atom. The van der Waals surface area contributed by atoms with Gasteiger partial charge in [-0.15, -0.1) is 45.3 Å². The number of aliphatic hydroxyl groups is 2. The summed E-state index contributed by atoms with van der Waals surface area (Å²) >= 11 is 6.16. The standard InChI is InChI=1S/C24H18O2S4/c25-23(19-5-1-13-27-19,20-6-2-14-28-20)17-9-11-18(12-10-17)24(26,21-7-3-15-29-21)22-8-4-16-30-22/h1-16,25-26H. The van der Waals surface area contributed by atoms with Gasteiger partial charge in [0.2, 0.25) is 0 Å². The van der Waals surface area contributed by atoms with Gasteiger partial charge >= 0.3 is 0 Å². The molecule has 0 aliphatic carbocycles. The fraction of sp³-hybridized carbons (Fsp3) is 0.0833. The van der Waals surface area contributed by atoms with Crippen LogP contribution >= 0.6 is 45.3 Å². The van der Waals surface area contributed by atoms with Crippen molar-refractivity contribution in [1.82, 2.24) is 0 Å². The van der Waals surface area contributed by atoms with Crippen LogP contribution in [0.15, 0.2) is 94.3 Å². The van der Waals surface area contributed by atoms with Crippen LogP contribution in [-0.4, -0.2) is 10.2 Å². The molecule has 2 nitrogen and oxygen atoms in total. The Morgan fingerprint density at radius 3 is 0.900 bits per heavy atom. The molecule has 0 aliphatic rings. The maximum atomic E-state index is 11.8. The smallest absolute Gasteiger partial charge is 0.158 e. The van der Waals surface area contributed by atoms with Gasteiger partial charge in [0, 0.05) is 19.5 Å². The van der Waals surface area contributed by atoms with Crippen molar-refractivity contribution in [3.63, 3.8) is 0 Å². The molecule has 0 radical (unpaired) electrons. The van der Waals surface area contributed by atoms with E-state index in [1.54, 1.807) is 0 Å². The molecular weight excluding hydrogens is 449 g/mol. The van der Waals surface area contributed by atoms with Gasteiger partial charge in [-0.3, -0.25) is 0 Å². The Kier molecular flexibility index (Phi) is 5.23. The Balaban J connectivity index is 1.63. The van der Waals surface area contributed by atoms with Crippen molar-refractivity contribution < 1.29 is 10.2 Å². The first-order valence-corrected chi connectivity index (χ1v) is 12.9. The van der Waals surface area contributed by atoms with E-state index >= 15 is 0 Å². The second kappa shape index (κ2) is 7.89. The van der Waals surface area contributed by atoms with Crippen molar-refractivity contribution >= 4 is 45.3 Å². The third kappa shape index (κ3) is 3.12. The largest absolute Gasteiger partial charge is 0.374 e. The Bertz CT molecular complexity index is 1020. The summed E-state index contributed by atoms with van der Waals surface area (Å²) in [5.74, 6) is 0. The molecular formula is C24H18O2S4. The third-order valence-electron chi connectivity index (χ3n) is 5.23. The lowest BCUT2D eigenvalue weighted by Crippen LogP contribution is -2.28. The van der Waals surface area contributed by atoms with Gasteiger partial charge in [0.05, 0.1) is 0 Å². The molecule has 30 heavy (non-hydrogen) atoms. The SMILES string of the molecule is OC(c1ccc(C(O)(c2cccs2)c2cccs2)cc1)(c1cccs1)c1cccs1. The highest BCUT2D eigenvalue weighted by molar-refractivity contribution is 7.12. The zero-order valence-corrected chi connectivity index (χ0v) is 19.0. The Hall–Kier alpha value is -2.06. The van der Waals surface area contributed by atoms with Gasteiger partial charge in [-0.05, 0) is 56.9 Å². The molecule has 150 valence electrons. The lowest BCUT2D eigenvalue weighted by atomic mass is 9.85. The van der Waals surface area contributed by atoms with Crippen LogP contribution < -0.4 is 0 Å². The van der Waals surface area contributed by atoms with Gasteiger partial charge < -0.3 is 10.2 Å². The summed E-state index contributed by atoms with van der Waals surface area (Å²) in [6.07, 6.45) is 0. The van der Waals surface area contributed by atoms with E-state index in [0.717, 1.165) is 30.6 Å². The van der Waals surface area contributed by atoms with E-state index in [-0.39, 0.29) is 0 Å². The van der Waals surface area contributed by atoms with Crippen LogP contribution in [0.25, 0.3) is 0 Å². The zero-order chi connectivity index (χ0) is 20.6. The first-order chi connectivity index (χ1) is 14.6. The van der Waals surface area contributed by atoms with Gasteiger partial charge in [0.25, 0.3) is 0 Å². The summed E-state index contributed by atoms with van der Waals surface area (Å²) in [6.45, 7) is 0. The molecule has 0 spiro atoms. The molecule has 0 saturated heterocycles. The molecule has 6 heteroatoms. The normalized spacial score (nSPS) is 12.3. The van der Waals surface area contributed by atoms with Gasteiger partial charge in [0.1, 0.15) is 0 Å². The quantitative estimate of drug-likeness (QED) is 0.300. The summed E-state index contributed by atoms with van der Waals surface area (Å²) in [4.78, 5) is 3.52. The van der Waals surface area contributed by atoms with Crippen LogP contribution in [0.1, 0.15) is 30.6 Å². The van der Waals surface area contributed by atoms with Crippen LogP contribution in [0, 0.1) is 0 Å². The molecule has 4 heterocycles. The highest BCUT2D eigenvalue weighted by Gasteiger charge is 2.39. The second-order valence-corrected chi connectivity index (χ2v) is 10.7.